The fraction of sp³-hybridized carbons (Fsp3) is 0.400. The van der Waals surface area contributed by atoms with Gasteiger partial charge in [0.05, 0.1) is 6.20 Å². The standard InChI is InChI=1S/C15H21FN2OSi/c1-15(2,3)20(4,5)19-14-10-18(11-17-14)13-8-6-12(16)7-9-13/h6-11H,1-5H3. The molecule has 0 spiro atoms. The summed E-state index contributed by atoms with van der Waals surface area (Å²) >= 11 is 0. The van der Waals surface area contributed by atoms with E-state index in [1.165, 1.54) is 12.1 Å². The number of hydrogen-bond acceptors (Lipinski definition) is 2. The molecule has 0 aliphatic rings. The third-order valence-corrected chi connectivity index (χ3v) is 8.18. The Morgan fingerprint density at radius 3 is 2.30 bits per heavy atom. The molecule has 0 bridgehead atoms. The van der Waals surface area contributed by atoms with Crippen molar-refractivity contribution in [3.8, 4) is 11.6 Å². The van der Waals surface area contributed by atoms with Gasteiger partial charge in [0, 0.05) is 5.69 Å². The molecule has 1 heterocycles. The number of rotatable bonds is 3. The van der Waals surface area contributed by atoms with Crippen LogP contribution in [0.5, 0.6) is 5.88 Å². The van der Waals surface area contributed by atoms with Crippen molar-refractivity contribution in [2.75, 3.05) is 0 Å². The zero-order chi connectivity index (χ0) is 15.0. The molecule has 20 heavy (non-hydrogen) atoms. The smallest absolute Gasteiger partial charge is 0.252 e. The second-order valence-corrected chi connectivity index (χ2v) is 11.2. The van der Waals surface area contributed by atoms with Gasteiger partial charge < -0.3 is 8.99 Å². The van der Waals surface area contributed by atoms with Gasteiger partial charge in [0.1, 0.15) is 12.1 Å². The molecular weight excluding hydrogens is 271 g/mol. The van der Waals surface area contributed by atoms with Gasteiger partial charge in [-0.3, -0.25) is 0 Å². The van der Waals surface area contributed by atoms with E-state index in [4.69, 9.17) is 4.43 Å². The van der Waals surface area contributed by atoms with Crippen molar-refractivity contribution >= 4 is 8.32 Å². The maximum absolute atomic E-state index is 12.9. The monoisotopic (exact) mass is 292 g/mol. The van der Waals surface area contributed by atoms with Gasteiger partial charge in [-0.25, -0.2) is 9.37 Å². The molecule has 0 saturated carbocycles. The Morgan fingerprint density at radius 1 is 1.15 bits per heavy atom. The van der Waals surface area contributed by atoms with E-state index in [2.05, 4.69) is 38.8 Å². The second kappa shape index (κ2) is 5.05. The molecule has 1 aromatic carbocycles. The minimum absolute atomic E-state index is 0.132. The van der Waals surface area contributed by atoms with E-state index < -0.39 is 8.32 Å². The Labute approximate surface area is 120 Å². The number of nitrogens with zero attached hydrogens (tertiary/aromatic N) is 2. The Bertz CT molecular complexity index is 585. The fourth-order valence-electron chi connectivity index (χ4n) is 1.53. The van der Waals surface area contributed by atoms with Gasteiger partial charge in [-0.05, 0) is 42.4 Å². The highest BCUT2D eigenvalue weighted by atomic mass is 28.4. The molecular formula is C15H21FN2OSi. The van der Waals surface area contributed by atoms with Crippen LogP contribution in [0.1, 0.15) is 20.8 Å². The van der Waals surface area contributed by atoms with Gasteiger partial charge in [-0.2, -0.15) is 0 Å². The molecule has 5 heteroatoms. The Morgan fingerprint density at radius 2 is 1.75 bits per heavy atom. The quantitative estimate of drug-likeness (QED) is 0.784. The third kappa shape index (κ3) is 3.09. The molecule has 108 valence electrons. The highest BCUT2D eigenvalue weighted by Gasteiger charge is 2.39. The van der Waals surface area contributed by atoms with Crippen molar-refractivity contribution in [3.63, 3.8) is 0 Å². The number of benzene rings is 1. The highest BCUT2D eigenvalue weighted by Crippen LogP contribution is 2.36. The van der Waals surface area contributed by atoms with E-state index >= 15 is 0 Å². The Kier molecular flexibility index (Phi) is 3.73. The number of halogens is 1. The summed E-state index contributed by atoms with van der Waals surface area (Å²) in [6.45, 7) is 10.9. The van der Waals surface area contributed by atoms with Crippen LogP contribution in [0.3, 0.4) is 0 Å². The third-order valence-electron chi connectivity index (χ3n) is 3.85. The zero-order valence-corrected chi connectivity index (χ0v) is 13.6. The first-order chi connectivity index (χ1) is 9.19. The Balaban J connectivity index is 2.20. The van der Waals surface area contributed by atoms with Gasteiger partial charge in [0.2, 0.25) is 5.88 Å². The maximum atomic E-state index is 12.9. The van der Waals surface area contributed by atoms with Crippen LogP contribution < -0.4 is 4.43 Å². The van der Waals surface area contributed by atoms with E-state index in [0.29, 0.717) is 5.88 Å². The maximum Gasteiger partial charge on any atom is 0.252 e. The molecule has 1 aromatic heterocycles. The first kappa shape index (κ1) is 14.8. The van der Waals surface area contributed by atoms with E-state index in [0.717, 1.165) is 5.69 Å². The lowest BCUT2D eigenvalue weighted by molar-refractivity contribution is 0.478. The number of imidazole rings is 1. The Hall–Kier alpha value is -1.62. The predicted molar refractivity (Wildman–Crippen MR) is 81.3 cm³/mol. The molecule has 0 saturated heterocycles. The average molecular weight is 292 g/mol. The molecule has 0 aliphatic heterocycles. The largest absolute Gasteiger partial charge is 0.530 e. The van der Waals surface area contributed by atoms with Crippen LogP contribution in [-0.2, 0) is 0 Å². The van der Waals surface area contributed by atoms with Crippen molar-refractivity contribution in [2.24, 2.45) is 0 Å². The van der Waals surface area contributed by atoms with Gasteiger partial charge in [0.25, 0.3) is 8.32 Å². The first-order valence-corrected chi connectivity index (χ1v) is 9.59. The summed E-state index contributed by atoms with van der Waals surface area (Å²) < 4.78 is 20.9. The number of aromatic nitrogens is 2. The second-order valence-electron chi connectivity index (χ2n) is 6.46. The van der Waals surface area contributed by atoms with Gasteiger partial charge in [0.15, 0.2) is 0 Å². The predicted octanol–water partition coefficient (Wildman–Crippen LogP) is 4.40. The first-order valence-electron chi connectivity index (χ1n) is 6.68. The summed E-state index contributed by atoms with van der Waals surface area (Å²) in [5.41, 5.74) is 0.865. The van der Waals surface area contributed by atoms with Gasteiger partial charge in [-0.15, -0.1) is 0 Å². The van der Waals surface area contributed by atoms with Crippen LogP contribution in [0.2, 0.25) is 18.1 Å². The summed E-state index contributed by atoms with van der Waals surface area (Å²) in [5.74, 6) is 0.382. The molecule has 0 fully saturated rings. The fourth-order valence-corrected chi connectivity index (χ4v) is 2.46. The van der Waals surface area contributed by atoms with Gasteiger partial charge >= 0.3 is 0 Å². The van der Waals surface area contributed by atoms with Crippen LogP contribution in [0.15, 0.2) is 36.8 Å². The van der Waals surface area contributed by atoms with E-state index in [9.17, 15) is 4.39 Å². The zero-order valence-electron chi connectivity index (χ0n) is 12.6. The molecule has 3 nitrogen and oxygen atoms in total. The van der Waals surface area contributed by atoms with E-state index in [1.54, 1.807) is 18.5 Å². The molecule has 0 N–H and O–H groups in total. The van der Waals surface area contributed by atoms with Crippen LogP contribution in [0, 0.1) is 5.82 Å². The molecule has 2 rings (SSSR count). The summed E-state index contributed by atoms with van der Waals surface area (Å²) in [4.78, 5) is 4.30. The number of hydrogen-bond donors (Lipinski definition) is 0. The average Bonchev–Trinajstić information content (AvgIpc) is 2.76. The molecule has 0 radical (unpaired) electrons. The van der Waals surface area contributed by atoms with E-state index in [-0.39, 0.29) is 10.9 Å². The minimum Gasteiger partial charge on any atom is -0.530 e. The topological polar surface area (TPSA) is 27.1 Å². The normalized spacial score (nSPS) is 12.5. The summed E-state index contributed by atoms with van der Waals surface area (Å²) in [5, 5.41) is 0.132. The lowest BCUT2D eigenvalue weighted by atomic mass is 10.2. The molecule has 0 amide bonds. The summed E-state index contributed by atoms with van der Waals surface area (Å²) in [7, 11) is -1.88. The van der Waals surface area contributed by atoms with E-state index in [1.807, 2.05) is 10.8 Å². The van der Waals surface area contributed by atoms with Gasteiger partial charge in [-0.1, -0.05) is 20.8 Å². The van der Waals surface area contributed by atoms with Crippen molar-refractivity contribution in [1.29, 1.82) is 0 Å². The summed E-state index contributed by atoms with van der Waals surface area (Å²) in [6, 6.07) is 6.30. The minimum atomic E-state index is -1.88. The molecule has 2 aromatic rings. The lowest BCUT2D eigenvalue weighted by Gasteiger charge is -2.35. The van der Waals surface area contributed by atoms with Crippen LogP contribution >= 0.6 is 0 Å². The summed E-state index contributed by atoms with van der Waals surface area (Å²) in [6.07, 6.45) is 3.53. The lowest BCUT2D eigenvalue weighted by Crippen LogP contribution is -2.43. The van der Waals surface area contributed by atoms with Crippen molar-refractivity contribution < 1.29 is 8.82 Å². The van der Waals surface area contributed by atoms with Crippen LogP contribution in [0.25, 0.3) is 5.69 Å². The van der Waals surface area contributed by atoms with Crippen molar-refractivity contribution in [3.05, 3.63) is 42.6 Å². The van der Waals surface area contributed by atoms with Crippen molar-refractivity contribution in [2.45, 2.75) is 38.9 Å². The highest BCUT2D eigenvalue weighted by molar-refractivity contribution is 6.74. The van der Waals surface area contributed by atoms with Crippen molar-refractivity contribution in [1.82, 2.24) is 9.55 Å². The van der Waals surface area contributed by atoms with Crippen LogP contribution in [0.4, 0.5) is 4.39 Å². The van der Waals surface area contributed by atoms with Crippen LogP contribution in [-0.4, -0.2) is 17.9 Å². The SMILES string of the molecule is CC(C)(C)[Si](C)(C)Oc1cn(-c2ccc(F)cc2)cn1. The molecule has 0 unspecified atom stereocenters. The molecule has 0 aliphatic carbocycles. The molecule has 0 atom stereocenters.